The molecular weight excluding hydrogens is 224 g/mol. The lowest BCUT2D eigenvalue weighted by Gasteiger charge is -2.18. The standard InChI is InChI=1S/C15H22N2O/c1-4-16(5-2)10-14-12(3)17(11-18)15-9-7-6-8-13(14)15/h6-9,18H,4-5,10-11H2,1-3H3. The van der Waals surface area contributed by atoms with Crippen molar-refractivity contribution in [2.45, 2.75) is 34.0 Å². The van der Waals surface area contributed by atoms with Crippen LogP contribution >= 0.6 is 0 Å². The van der Waals surface area contributed by atoms with Gasteiger partial charge in [-0.3, -0.25) is 4.90 Å². The molecule has 0 aliphatic rings. The molecule has 0 saturated carbocycles. The minimum Gasteiger partial charge on any atom is -0.376 e. The van der Waals surface area contributed by atoms with Gasteiger partial charge in [-0.05, 0) is 31.6 Å². The van der Waals surface area contributed by atoms with Crippen LogP contribution in [0.2, 0.25) is 0 Å². The van der Waals surface area contributed by atoms with Gasteiger partial charge in [-0.25, -0.2) is 0 Å². The summed E-state index contributed by atoms with van der Waals surface area (Å²) in [5.74, 6) is 0. The van der Waals surface area contributed by atoms with E-state index in [-0.39, 0.29) is 6.73 Å². The van der Waals surface area contributed by atoms with Crippen molar-refractivity contribution in [1.82, 2.24) is 9.47 Å². The lowest BCUT2D eigenvalue weighted by molar-refractivity contribution is 0.212. The Morgan fingerprint density at radius 2 is 1.83 bits per heavy atom. The van der Waals surface area contributed by atoms with Crippen LogP contribution in [0.1, 0.15) is 25.1 Å². The fourth-order valence-electron chi connectivity index (χ4n) is 2.56. The molecule has 0 radical (unpaired) electrons. The third-order valence-corrected chi connectivity index (χ3v) is 3.78. The fraction of sp³-hybridized carbons (Fsp3) is 0.467. The van der Waals surface area contributed by atoms with Gasteiger partial charge in [0.1, 0.15) is 6.73 Å². The van der Waals surface area contributed by atoms with E-state index in [4.69, 9.17) is 0 Å². The van der Waals surface area contributed by atoms with Gasteiger partial charge in [-0.2, -0.15) is 0 Å². The highest BCUT2D eigenvalue weighted by Crippen LogP contribution is 2.26. The molecule has 1 aromatic carbocycles. The van der Waals surface area contributed by atoms with E-state index >= 15 is 0 Å². The van der Waals surface area contributed by atoms with E-state index in [9.17, 15) is 5.11 Å². The Balaban J connectivity index is 2.52. The molecule has 1 N–H and O–H groups in total. The number of rotatable bonds is 5. The highest BCUT2D eigenvalue weighted by Gasteiger charge is 2.14. The Morgan fingerprint density at radius 1 is 1.17 bits per heavy atom. The number of para-hydroxylation sites is 1. The number of hydrogen-bond donors (Lipinski definition) is 1. The van der Waals surface area contributed by atoms with E-state index in [0.29, 0.717) is 0 Å². The molecule has 2 rings (SSSR count). The van der Waals surface area contributed by atoms with Crippen LogP contribution < -0.4 is 0 Å². The SMILES string of the molecule is CCN(CC)Cc1c(C)n(CO)c2ccccc12. The summed E-state index contributed by atoms with van der Waals surface area (Å²) in [7, 11) is 0. The molecule has 1 aromatic heterocycles. The fourth-order valence-corrected chi connectivity index (χ4v) is 2.56. The van der Waals surface area contributed by atoms with Gasteiger partial charge in [0.05, 0.1) is 5.52 Å². The first-order valence-corrected chi connectivity index (χ1v) is 6.62. The molecule has 98 valence electrons. The molecule has 0 aliphatic carbocycles. The number of nitrogens with zero attached hydrogens (tertiary/aromatic N) is 2. The zero-order chi connectivity index (χ0) is 13.1. The lowest BCUT2D eigenvalue weighted by Crippen LogP contribution is -2.22. The topological polar surface area (TPSA) is 28.4 Å². The average molecular weight is 246 g/mol. The van der Waals surface area contributed by atoms with E-state index < -0.39 is 0 Å². The molecule has 0 amide bonds. The van der Waals surface area contributed by atoms with E-state index in [1.54, 1.807) is 0 Å². The van der Waals surface area contributed by atoms with Gasteiger partial charge in [0.15, 0.2) is 0 Å². The first-order chi connectivity index (χ1) is 8.72. The molecule has 2 aromatic rings. The summed E-state index contributed by atoms with van der Waals surface area (Å²) in [4.78, 5) is 2.40. The molecule has 18 heavy (non-hydrogen) atoms. The monoisotopic (exact) mass is 246 g/mol. The number of aliphatic hydroxyl groups excluding tert-OH is 1. The van der Waals surface area contributed by atoms with E-state index in [0.717, 1.165) is 25.2 Å². The predicted molar refractivity (Wildman–Crippen MR) is 75.5 cm³/mol. The molecule has 0 saturated heterocycles. The van der Waals surface area contributed by atoms with Crippen molar-refractivity contribution < 1.29 is 5.11 Å². The van der Waals surface area contributed by atoms with Gasteiger partial charge >= 0.3 is 0 Å². The van der Waals surface area contributed by atoms with Gasteiger partial charge < -0.3 is 9.67 Å². The maximum atomic E-state index is 9.53. The summed E-state index contributed by atoms with van der Waals surface area (Å²) in [6.45, 7) is 9.56. The second kappa shape index (κ2) is 5.55. The van der Waals surface area contributed by atoms with Crippen LogP contribution in [0.15, 0.2) is 24.3 Å². The van der Waals surface area contributed by atoms with Crippen molar-refractivity contribution >= 4 is 10.9 Å². The molecule has 3 heteroatoms. The second-order valence-corrected chi connectivity index (χ2v) is 4.61. The lowest BCUT2D eigenvalue weighted by atomic mass is 10.1. The van der Waals surface area contributed by atoms with E-state index in [1.165, 1.54) is 16.6 Å². The molecule has 0 spiro atoms. The van der Waals surface area contributed by atoms with Crippen LogP contribution in [0, 0.1) is 6.92 Å². The Morgan fingerprint density at radius 3 is 2.44 bits per heavy atom. The summed E-state index contributed by atoms with van der Waals surface area (Å²) in [6.07, 6.45) is 0. The maximum Gasteiger partial charge on any atom is 0.119 e. The van der Waals surface area contributed by atoms with Gasteiger partial charge in [-0.1, -0.05) is 32.0 Å². The summed E-state index contributed by atoms with van der Waals surface area (Å²) < 4.78 is 1.98. The van der Waals surface area contributed by atoms with Crippen molar-refractivity contribution in [3.63, 3.8) is 0 Å². The largest absolute Gasteiger partial charge is 0.376 e. The zero-order valence-electron chi connectivity index (χ0n) is 11.5. The Hall–Kier alpha value is -1.32. The van der Waals surface area contributed by atoms with Crippen molar-refractivity contribution in [2.24, 2.45) is 0 Å². The summed E-state index contributed by atoms with van der Waals surface area (Å²) >= 11 is 0. The Bertz CT molecular complexity index is 527. The second-order valence-electron chi connectivity index (χ2n) is 4.61. The van der Waals surface area contributed by atoms with Gasteiger partial charge in [0, 0.05) is 17.6 Å². The van der Waals surface area contributed by atoms with Crippen molar-refractivity contribution in [2.75, 3.05) is 13.1 Å². The molecule has 0 atom stereocenters. The Kier molecular flexibility index (Phi) is 4.04. The normalized spacial score (nSPS) is 11.6. The number of aromatic nitrogens is 1. The van der Waals surface area contributed by atoms with Crippen LogP contribution in [0.25, 0.3) is 10.9 Å². The van der Waals surface area contributed by atoms with Crippen molar-refractivity contribution in [3.05, 3.63) is 35.5 Å². The minimum absolute atomic E-state index is 0.0462. The van der Waals surface area contributed by atoms with Crippen LogP contribution in [-0.2, 0) is 13.3 Å². The summed E-state index contributed by atoms with van der Waals surface area (Å²) in [5, 5.41) is 10.8. The number of fused-ring (bicyclic) bond motifs is 1. The number of hydrogen-bond acceptors (Lipinski definition) is 2. The first kappa shape index (κ1) is 13.1. The maximum absolute atomic E-state index is 9.53. The third-order valence-electron chi connectivity index (χ3n) is 3.78. The van der Waals surface area contributed by atoms with E-state index in [2.05, 4.69) is 43.9 Å². The number of aliphatic hydroxyl groups is 1. The summed E-state index contributed by atoms with van der Waals surface area (Å²) in [5.41, 5.74) is 3.63. The Labute approximate surface area is 109 Å². The molecule has 0 aliphatic heterocycles. The molecular formula is C15H22N2O. The van der Waals surface area contributed by atoms with Crippen molar-refractivity contribution in [1.29, 1.82) is 0 Å². The highest BCUT2D eigenvalue weighted by atomic mass is 16.3. The molecule has 0 unspecified atom stereocenters. The smallest absolute Gasteiger partial charge is 0.119 e. The molecule has 0 fully saturated rings. The highest BCUT2D eigenvalue weighted by molar-refractivity contribution is 5.85. The van der Waals surface area contributed by atoms with Gasteiger partial charge in [0.25, 0.3) is 0 Å². The molecule has 3 nitrogen and oxygen atoms in total. The molecule has 0 bridgehead atoms. The van der Waals surface area contributed by atoms with Crippen LogP contribution in [0.3, 0.4) is 0 Å². The third kappa shape index (κ3) is 2.16. The quantitative estimate of drug-likeness (QED) is 0.878. The van der Waals surface area contributed by atoms with Crippen LogP contribution in [0.5, 0.6) is 0 Å². The average Bonchev–Trinajstić information content (AvgIpc) is 2.68. The van der Waals surface area contributed by atoms with Crippen molar-refractivity contribution in [3.8, 4) is 0 Å². The van der Waals surface area contributed by atoms with Crippen LogP contribution in [-0.4, -0.2) is 27.7 Å². The van der Waals surface area contributed by atoms with Crippen LogP contribution in [0.4, 0.5) is 0 Å². The van der Waals surface area contributed by atoms with Gasteiger partial charge in [0.2, 0.25) is 0 Å². The molecule has 1 heterocycles. The zero-order valence-corrected chi connectivity index (χ0v) is 11.5. The summed E-state index contributed by atoms with van der Waals surface area (Å²) in [6, 6.07) is 8.31. The predicted octanol–water partition coefficient (Wildman–Crippen LogP) is 2.74. The minimum atomic E-state index is 0.0462. The first-order valence-electron chi connectivity index (χ1n) is 6.62. The number of benzene rings is 1. The van der Waals surface area contributed by atoms with E-state index in [1.807, 2.05) is 10.6 Å². The van der Waals surface area contributed by atoms with Gasteiger partial charge in [-0.15, -0.1) is 0 Å².